The standard InChI is InChI=1S/C13H22N2O3/c16-12(7-6-10-4-3-9-18-10)15-11-5-1-2-8-14-13(11)17/h10-11H,1-9H2,(H,14,17)(H,15,16)/t10-,11-/m1/s1. The predicted molar refractivity (Wildman–Crippen MR) is 67.0 cm³/mol. The Morgan fingerprint density at radius 2 is 2.22 bits per heavy atom. The third-order valence-corrected chi connectivity index (χ3v) is 3.59. The summed E-state index contributed by atoms with van der Waals surface area (Å²) in [4.78, 5) is 23.4. The molecule has 0 aliphatic carbocycles. The van der Waals surface area contributed by atoms with Gasteiger partial charge >= 0.3 is 0 Å². The molecule has 2 aliphatic heterocycles. The highest BCUT2D eigenvalue weighted by molar-refractivity contribution is 5.87. The molecule has 5 nitrogen and oxygen atoms in total. The maximum Gasteiger partial charge on any atom is 0.242 e. The molecule has 0 radical (unpaired) electrons. The minimum atomic E-state index is -0.343. The van der Waals surface area contributed by atoms with Crippen LogP contribution in [-0.4, -0.2) is 37.1 Å². The van der Waals surface area contributed by atoms with Gasteiger partial charge in [-0.3, -0.25) is 9.59 Å². The van der Waals surface area contributed by atoms with Gasteiger partial charge in [0.2, 0.25) is 11.8 Å². The molecule has 0 aromatic rings. The summed E-state index contributed by atoms with van der Waals surface area (Å²) in [6, 6.07) is -0.343. The van der Waals surface area contributed by atoms with E-state index in [-0.39, 0.29) is 24.0 Å². The van der Waals surface area contributed by atoms with Crippen molar-refractivity contribution >= 4 is 11.8 Å². The van der Waals surface area contributed by atoms with Crippen LogP contribution in [0.15, 0.2) is 0 Å². The molecule has 2 fully saturated rings. The number of nitrogens with one attached hydrogen (secondary N) is 2. The highest BCUT2D eigenvalue weighted by Gasteiger charge is 2.23. The third-order valence-electron chi connectivity index (χ3n) is 3.59. The Kier molecular flexibility index (Phi) is 4.99. The van der Waals surface area contributed by atoms with Gasteiger partial charge in [-0.1, -0.05) is 0 Å². The van der Waals surface area contributed by atoms with Crippen LogP contribution in [0.2, 0.25) is 0 Å². The summed E-state index contributed by atoms with van der Waals surface area (Å²) < 4.78 is 5.48. The molecular weight excluding hydrogens is 232 g/mol. The van der Waals surface area contributed by atoms with E-state index in [4.69, 9.17) is 4.74 Å². The van der Waals surface area contributed by atoms with Gasteiger partial charge < -0.3 is 15.4 Å². The smallest absolute Gasteiger partial charge is 0.242 e. The molecule has 0 saturated carbocycles. The molecule has 0 unspecified atom stereocenters. The third kappa shape index (κ3) is 3.98. The van der Waals surface area contributed by atoms with E-state index in [9.17, 15) is 9.59 Å². The molecule has 2 amide bonds. The number of amides is 2. The van der Waals surface area contributed by atoms with E-state index in [1.54, 1.807) is 0 Å². The first-order valence-corrected chi connectivity index (χ1v) is 6.94. The van der Waals surface area contributed by atoms with E-state index in [1.807, 2.05) is 0 Å². The summed E-state index contributed by atoms with van der Waals surface area (Å²) in [5.41, 5.74) is 0. The molecule has 18 heavy (non-hydrogen) atoms. The zero-order valence-corrected chi connectivity index (χ0v) is 10.7. The van der Waals surface area contributed by atoms with Crippen molar-refractivity contribution in [1.29, 1.82) is 0 Å². The van der Waals surface area contributed by atoms with Crippen molar-refractivity contribution in [2.24, 2.45) is 0 Å². The molecular formula is C13H22N2O3. The average Bonchev–Trinajstić information content (AvgIpc) is 2.80. The van der Waals surface area contributed by atoms with Crippen LogP contribution in [0.1, 0.15) is 44.9 Å². The van der Waals surface area contributed by atoms with Crippen LogP contribution in [0, 0.1) is 0 Å². The first kappa shape index (κ1) is 13.3. The van der Waals surface area contributed by atoms with Crippen molar-refractivity contribution in [2.45, 2.75) is 57.1 Å². The SMILES string of the molecule is O=C(CC[C@H]1CCCO1)N[C@@H]1CCCCNC1=O. The number of hydrogen-bond acceptors (Lipinski definition) is 3. The molecule has 2 N–H and O–H groups in total. The van der Waals surface area contributed by atoms with Gasteiger partial charge in [0.25, 0.3) is 0 Å². The molecule has 2 aliphatic rings. The Balaban J connectivity index is 1.70. The lowest BCUT2D eigenvalue weighted by Gasteiger charge is -2.16. The van der Waals surface area contributed by atoms with Crippen LogP contribution in [-0.2, 0) is 14.3 Å². The van der Waals surface area contributed by atoms with Gasteiger partial charge in [-0.2, -0.15) is 0 Å². The van der Waals surface area contributed by atoms with Gasteiger partial charge in [-0.05, 0) is 38.5 Å². The van der Waals surface area contributed by atoms with Crippen LogP contribution in [0.4, 0.5) is 0 Å². The Bertz CT molecular complexity index is 301. The van der Waals surface area contributed by atoms with E-state index >= 15 is 0 Å². The summed E-state index contributed by atoms with van der Waals surface area (Å²) in [7, 11) is 0. The average molecular weight is 254 g/mol. The van der Waals surface area contributed by atoms with Gasteiger partial charge in [-0.15, -0.1) is 0 Å². The zero-order valence-electron chi connectivity index (χ0n) is 10.7. The van der Waals surface area contributed by atoms with Crippen LogP contribution < -0.4 is 10.6 Å². The molecule has 0 spiro atoms. The second kappa shape index (κ2) is 6.73. The lowest BCUT2D eigenvalue weighted by atomic mass is 10.1. The fourth-order valence-corrected chi connectivity index (χ4v) is 2.51. The Morgan fingerprint density at radius 3 is 3.00 bits per heavy atom. The summed E-state index contributed by atoms with van der Waals surface area (Å²) >= 11 is 0. The maximum absolute atomic E-state index is 11.8. The Hall–Kier alpha value is -1.10. The van der Waals surface area contributed by atoms with Gasteiger partial charge in [0, 0.05) is 19.6 Å². The molecule has 2 atom stereocenters. The van der Waals surface area contributed by atoms with Crippen LogP contribution in [0.3, 0.4) is 0 Å². The van der Waals surface area contributed by atoms with Crippen molar-refractivity contribution in [3.05, 3.63) is 0 Å². The minimum absolute atomic E-state index is 0.0347. The van der Waals surface area contributed by atoms with Gasteiger partial charge in [0.15, 0.2) is 0 Å². The fraction of sp³-hybridized carbons (Fsp3) is 0.846. The van der Waals surface area contributed by atoms with E-state index in [1.165, 1.54) is 0 Å². The minimum Gasteiger partial charge on any atom is -0.378 e. The number of carbonyl (C=O) groups is 2. The van der Waals surface area contributed by atoms with Gasteiger partial charge in [0.05, 0.1) is 6.10 Å². The molecule has 2 rings (SSSR count). The molecule has 0 aromatic heterocycles. The summed E-state index contributed by atoms with van der Waals surface area (Å²) in [6.07, 6.45) is 6.32. The van der Waals surface area contributed by atoms with E-state index in [0.717, 1.165) is 51.7 Å². The van der Waals surface area contributed by atoms with Crippen LogP contribution in [0.25, 0.3) is 0 Å². The van der Waals surface area contributed by atoms with Crippen molar-refractivity contribution < 1.29 is 14.3 Å². The highest BCUT2D eigenvalue weighted by atomic mass is 16.5. The van der Waals surface area contributed by atoms with Crippen molar-refractivity contribution in [3.8, 4) is 0 Å². The lowest BCUT2D eigenvalue weighted by molar-refractivity contribution is -0.129. The Morgan fingerprint density at radius 1 is 1.33 bits per heavy atom. The first-order chi connectivity index (χ1) is 8.75. The fourth-order valence-electron chi connectivity index (χ4n) is 2.51. The second-order valence-corrected chi connectivity index (χ2v) is 5.08. The summed E-state index contributed by atoms with van der Waals surface area (Å²) in [5, 5.41) is 5.64. The topological polar surface area (TPSA) is 67.4 Å². The zero-order chi connectivity index (χ0) is 12.8. The summed E-state index contributed by atoms with van der Waals surface area (Å²) in [6.45, 7) is 1.54. The van der Waals surface area contributed by atoms with E-state index in [0.29, 0.717) is 6.42 Å². The van der Waals surface area contributed by atoms with Crippen LogP contribution in [0.5, 0.6) is 0 Å². The number of rotatable bonds is 4. The number of carbonyl (C=O) groups excluding carboxylic acids is 2. The molecule has 2 heterocycles. The second-order valence-electron chi connectivity index (χ2n) is 5.08. The van der Waals surface area contributed by atoms with Gasteiger partial charge in [-0.25, -0.2) is 0 Å². The van der Waals surface area contributed by atoms with Crippen molar-refractivity contribution in [2.75, 3.05) is 13.2 Å². The first-order valence-electron chi connectivity index (χ1n) is 6.94. The lowest BCUT2D eigenvalue weighted by Crippen LogP contribution is -2.45. The Labute approximate surface area is 108 Å². The van der Waals surface area contributed by atoms with Gasteiger partial charge in [0.1, 0.15) is 6.04 Å². The quantitative estimate of drug-likeness (QED) is 0.777. The number of ether oxygens (including phenoxy) is 1. The predicted octanol–water partition coefficient (Wildman–Crippen LogP) is 0.730. The van der Waals surface area contributed by atoms with E-state index in [2.05, 4.69) is 10.6 Å². The molecule has 5 heteroatoms. The van der Waals surface area contributed by atoms with E-state index < -0.39 is 0 Å². The molecule has 0 aromatic carbocycles. The largest absolute Gasteiger partial charge is 0.378 e. The monoisotopic (exact) mass is 254 g/mol. The normalized spacial score (nSPS) is 28.6. The molecule has 102 valence electrons. The van der Waals surface area contributed by atoms with Crippen molar-refractivity contribution in [3.63, 3.8) is 0 Å². The maximum atomic E-state index is 11.8. The molecule has 2 saturated heterocycles. The van der Waals surface area contributed by atoms with Crippen molar-refractivity contribution in [1.82, 2.24) is 10.6 Å². The highest BCUT2D eigenvalue weighted by Crippen LogP contribution is 2.16. The molecule has 0 bridgehead atoms. The number of hydrogen-bond donors (Lipinski definition) is 2. The summed E-state index contributed by atoms with van der Waals surface area (Å²) in [5.74, 6) is -0.0782. The van der Waals surface area contributed by atoms with Crippen LogP contribution >= 0.6 is 0 Å².